The molecule has 7 rings (SSSR count). The van der Waals surface area contributed by atoms with E-state index in [-0.39, 0.29) is 12.6 Å². The molecule has 2 aromatic heterocycles. The molecule has 4 fully saturated rings. The number of aromatic nitrogens is 2. The molecule has 0 amide bonds. The smallest absolute Gasteiger partial charge is 0.342 e. The van der Waals surface area contributed by atoms with E-state index in [2.05, 4.69) is 31.2 Å². The van der Waals surface area contributed by atoms with Gasteiger partial charge in [-0.15, -0.1) is 0 Å². The molecule has 31 heavy (non-hydrogen) atoms. The monoisotopic (exact) mass is 479 g/mol. The van der Waals surface area contributed by atoms with Crippen molar-refractivity contribution >= 4 is 38.6 Å². The first-order valence-electron chi connectivity index (χ1n) is 11.2. The zero-order valence-corrected chi connectivity index (χ0v) is 18.9. The number of H-pyrrole nitrogens is 1. The Morgan fingerprint density at radius 3 is 2.68 bits per heavy atom. The van der Waals surface area contributed by atoms with Crippen LogP contribution in [0, 0.1) is 17.8 Å². The average molecular weight is 480 g/mol. The highest BCUT2D eigenvalue weighted by atomic mass is 79.9. The van der Waals surface area contributed by atoms with Gasteiger partial charge < -0.3 is 15.0 Å². The topological polar surface area (TPSA) is 67.0 Å². The molecular formula is C25H26BrN3O2. The number of carbonyl (C=O) groups is 1. The molecule has 6 heteroatoms. The molecule has 4 bridgehead atoms. The van der Waals surface area contributed by atoms with Gasteiger partial charge in [-0.2, -0.15) is 0 Å². The predicted molar refractivity (Wildman–Crippen MR) is 124 cm³/mol. The third-order valence-electron chi connectivity index (χ3n) is 7.53. The summed E-state index contributed by atoms with van der Waals surface area (Å²) >= 11 is 4.07. The van der Waals surface area contributed by atoms with Crippen molar-refractivity contribution in [1.29, 1.82) is 0 Å². The van der Waals surface area contributed by atoms with Gasteiger partial charge in [0.05, 0.1) is 5.69 Å². The largest absolute Gasteiger partial charge is 0.457 e. The number of esters is 1. The van der Waals surface area contributed by atoms with Crippen LogP contribution in [0.3, 0.4) is 0 Å². The van der Waals surface area contributed by atoms with E-state index in [1.165, 1.54) is 32.1 Å². The summed E-state index contributed by atoms with van der Waals surface area (Å²) in [5, 5.41) is 4.79. The SMILES string of the molecule is O=C(OCc1ccccc1)c1cnc2[nH]ccc2c1NC1C2CC3CC1CC(Br)(C3)C2. The minimum atomic E-state index is -0.331. The van der Waals surface area contributed by atoms with Gasteiger partial charge in [0, 0.05) is 28.1 Å². The number of nitrogens with zero attached hydrogens (tertiary/aromatic N) is 1. The highest BCUT2D eigenvalue weighted by Gasteiger charge is 2.54. The average Bonchev–Trinajstić information content (AvgIpc) is 3.23. The molecule has 4 saturated carbocycles. The van der Waals surface area contributed by atoms with Gasteiger partial charge in [-0.1, -0.05) is 46.3 Å². The maximum atomic E-state index is 13.1. The molecule has 160 valence electrons. The Hall–Kier alpha value is -2.34. The van der Waals surface area contributed by atoms with E-state index >= 15 is 0 Å². The lowest BCUT2D eigenvalue weighted by atomic mass is 9.54. The van der Waals surface area contributed by atoms with Crippen molar-refractivity contribution in [3.8, 4) is 0 Å². The predicted octanol–water partition coefficient (Wildman–Crippen LogP) is 5.67. The Morgan fingerprint density at radius 2 is 1.94 bits per heavy atom. The van der Waals surface area contributed by atoms with Gasteiger partial charge in [0.15, 0.2) is 0 Å². The molecular weight excluding hydrogens is 454 g/mol. The Bertz CT molecular complexity index is 1110. The van der Waals surface area contributed by atoms with E-state index in [0.717, 1.165) is 28.2 Å². The van der Waals surface area contributed by atoms with E-state index in [1.807, 2.05) is 42.6 Å². The maximum Gasteiger partial charge on any atom is 0.342 e. The van der Waals surface area contributed by atoms with Gasteiger partial charge in [-0.05, 0) is 61.5 Å². The van der Waals surface area contributed by atoms with Crippen LogP contribution in [0.2, 0.25) is 0 Å². The second kappa shape index (κ2) is 7.37. The number of halogens is 1. The molecule has 0 radical (unpaired) electrons. The highest BCUT2D eigenvalue weighted by molar-refractivity contribution is 9.10. The van der Waals surface area contributed by atoms with Crippen molar-refractivity contribution < 1.29 is 9.53 Å². The van der Waals surface area contributed by atoms with E-state index < -0.39 is 0 Å². The van der Waals surface area contributed by atoms with Crippen molar-refractivity contribution in [2.75, 3.05) is 5.32 Å². The van der Waals surface area contributed by atoms with Crippen LogP contribution >= 0.6 is 15.9 Å². The lowest BCUT2D eigenvalue weighted by molar-refractivity contribution is 0.0279. The summed E-state index contributed by atoms with van der Waals surface area (Å²) in [6.07, 6.45) is 9.86. The molecule has 1 aromatic carbocycles. The van der Waals surface area contributed by atoms with Crippen LogP contribution in [0.15, 0.2) is 48.8 Å². The van der Waals surface area contributed by atoms with E-state index in [9.17, 15) is 4.79 Å². The first-order chi connectivity index (χ1) is 15.1. The molecule has 2 atom stereocenters. The number of benzene rings is 1. The normalized spacial score (nSPS) is 31.1. The fraction of sp³-hybridized carbons (Fsp3) is 0.440. The van der Waals surface area contributed by atoms with Crippen LogP contribution in [-0.2, 0) is 11.3 Å². The molecule has 2 unspecified atom stereocenters. The zero-order chi connectivity index (χ0) is 21.0. The second-order valence-electron chi connectivity index (χ2n) is 9.64. The number of anilines is 1. The van der Waals surface area contributed by atoms with E-state index in [0.29, 0.717) is 27.8 Å². The zero-order valence-electron chi connectivity index (χ0n) is 17.3. The molecule has 0 saturated heterocycles. The summed E-state index contributed by atoms with van der Waals surface area (Å²) < 4.78 is 6.00. The van der Waals surface area contributed by atoms with Crippen LogP contribution in [0.25, 0.3) is 11.0 Å². The molecule has 4 aliphatic rings. The number of pyridine rings is 1. The van der Waals surface area contributed by atoms with Gasteiger partial charge in [0.25, 0.3) is 0 Å². The molecule has 5 nitrogen and oxygen atoms in total. The van der Waals surface area contributed by atoms with Crippen molar-refractivity contribution in [3.63, 3.8) is 0 Å². The molecule has 0 aliphatic heterocycles. The Kier molecular flexibility index (Phi) is 4.60. The van der Waals surface area contributed by atoms with Gasteiger partial charge in [0.2, 0.25) is 0 Å². The minimum absolute atomic E-state index is 0.257. The van der Waals surface area contributed by atoms with Crippen molar-refractivity contribution in [3.05, 3.63) is 59.9 Å². The molecule has 2 heterocycles. The maximum absolute atomic E-state index is 13.1. The number of aromatic amines is 1. The summed E-state index contributed by atoms with van der Waals surface area (Å²) in [7, 11) is 0. The third kappa shape index (κ3) is 3.45. The second-order valence-corrected chi connectivity index (χ2v) is 11.3. The Labute approximate surface area is 190 Å². The Morgan fingerprint density at radius 1 is 1.16 bits per heavy atom. The van der Waals surface area contributed by atoms with Crippen LogP contribution in [0.5, 0.6) is 0 Å². The quantitative estimate of drug-likeness (QED) is 0.365. The standard InChI is InChI=1S/C25H26BrN3O2/c26-25-10-16-8-17(11-25)21(18(9-16)12-25)29-22-19-6-7-27-23(19)28-13-20(22)24(30)31-14-15-4-2-1-3-5-15/h1-7,13,16-18,21H,8-12,14H2,(H2,27,28,29). The number of fused-ring (bicyclic) bond motifs is 1. The third-order valence-corrected chi connectivity index (χ3v) is 8.50. The fourth-order valence-corrected chi connectivity index (χ4v) is 7.74. The summed E-state index contributed by atoms with van der Waals surface area (Å²) in [6, 6.07) is 12.2. The van der Waals surface area contributed by atoms with Crippen LogP contribution in [0.1, 0.15) is 48.0 Å². The fourth-order valence-electron chi connectivity index (χ4n) is 6.45. The van der Waals surface area contributed by atoms with Crippen LogP contribution in [0.4, 0.5) is 5.69 Å². The number of nitrogens with one attached hydrogen (secondary N) is 2. The van der Waals surface area contributed by atoms with Crippen LogP contribution < -0.4 is 5.32 Å². The summed E-state index contributed by atoms with van der Waals surface area (Å²) in [4.78, 5) is 20.7. The molecule has 2 N–H and O–H groups in total. The first-order valence-corrected chi connectivity index (χ1v) is 12.0. The number of hydrogen-bond donors (Lipinski definition) is 2. The van der Waals surface area contributed by atoms with E-state index in [1.54, 1.807) is 6.20 Å². The summed E-state index contributed by atoms with van der Waals surface area (Å²) in [5.74, 6) is 1.79. The van der Waals surface area contributed by atoms with Crippen molar-refractivity contribution in [2.24, 2.45) is 17.8 Å². The minimum Gasteiger partial charge on any atom is -0.457 e. The number of ether oxygens (including phenoxy) is 1. The molecule has 0 spiro atoms. The van der Waals surface area contributed by atoms with Crippen molar-refractivity contribution in [1.82, 2.24) is 9.97 Å². The lowest BCUT2D eigenvalue weighted by Crippen LogP contribution is -2.56. The first kappa shape index (κ1) is 19.4. The van der Waals surface area contributed by atoms with Gasteiger partial charge in [0.1, 0.15) is 17.8 Å². The molecule has 3 aromatic rings. The number of alkyl halides is 1. The van der Waals surface area contributed by atoms with Gasteiger partial charge in [-0.25, -0.2) is 9.78 Å². The Balaban J connectivity index is 1.30. The lowest BCUT2D eigenvalue weighted by Gasteiger charge is -2.58. The number of carbonyl (C=O) groups excluding carboxylic acids is 1. The number of hydrogen-bond acceptors (Lipinski definition) is 4. The highest BCUT2D eigenvalue weighted by Crippen LogP contribution is 2.59. The van der Waals surface area contributed by atoms with E-state index in [4.69, 9.17) is 4.74 Å². The summed E-state index contributed by atoms with van der Waals surface area (Å²) in [6.45, 7) is 0.257. The van der Waals surface area contributed by atoms with Crippen LogP contribution in [-0.4, -0.2) is 26.3 Å². The van der Waals surface area contributed by atoms with Crippen molar-refractivity contribution in [2.45, 2.75) is 49.1 Å². The summed E-state index contributed by atoms with van der Waals surface area (Å²) in [5.41, 5.74) is 3.16. The molecule has 4 aliphatic carbocycles. The number of rotatable bonds is 5. The van der Waals surface area contributed by atoms with Gasteiger partial charge in [-0.3, -0.25) is 0 Å². The van der Waals surface area contributed by atoms with Gasteiger partial charge >= 0.3 is 5.97 Å².